The van der Waals surface area contributed by atoms with Crippen LogP contribution in [0.3, 0.4) is 0 Å². The number of hydrogen-bond donors (Lipinski definition) is 2. The number of amides is 3. The number of benzene rings is 2. The van der Waals surface area contributed by atoms with E-state index in [1.165, 1.54) is 22.2 Å². The van der Waals surface area contributed by atoms with Crippen molar-refractivity contribution in [1.29, 1.82) is 0 Å². The Bertz CT molecular complexity index is 1390. The minimum Gasteiger partial charge on any atom is -0.307 e. The number of carbonyl (C=O) groups excluding carboxylic acids is 2. The molecule has 2 heterocycles. The molecule has 0 aliphatic heterocycles. The predicted molar refractivity (Wildman–Crippen MR) is 127 cm³/mol. The summed E-state index contributed by atoms with van der Waals surface area (Å²) in [5, 5.41) is 5.43. The third kappa shape index (κ3) is 4.17. The van der Waals surface area contributed by atoms with Crippen molar-refractivity contribution in [3.05, 3.63) is 81.2 Å². The van der Waals surface area contributed by atoms with E-state index in [-0.39, 0.29) is 12.1 Å². The molecule has 0 atom stereocenters. The first-order chi connectivity index (χ1) is 15.3. The molecule has 0 bridgehead atoms. The summed E-state index contributed by atoms with van der Waals surface area (Å²) in [6.07, 6.45) is 1.34. The molecule has 32 heavy (non-hydrogen) atoms. The standard InChI is InChI=1S/C24H22N4O3S/c1-14-8-7-11-18(15(14)2)26-24(31)27-19(29)12-28-13-25-22-21(23(28)30)20(16(3)32-22)17-9-5-4-6-10-17/h4-11,13H,12H2,1-3H3,(H2,26,27,29,31). The van der Waals surface area contributed by atoms with Gasteiger partial charge in [0.25, 0.3) is 5.56 Å². The second kappa shape index (κ2) is 8.76. The molecule has 7 nitrogen and oxygen atoms in total. The quantitative estimate of drug-likeness (QED) is 0.486. The van der Waals surface area contributed by atoms with Gasteiger partial charge in [0.15, 0.2) is 0 Å². The lowest BCUT2D eigenvalue weighted by Gasteiger charge is -2.11. The molecule has 2 aromatic heterocycles. The molecule has 8 heteroatoms. The summed E-state index contributed by atoms with van der Waals surface area (Å²) in [7, 11) is 0. The summed E-state index contributed by atoms with van der Waals surface area (Å²) >= 11 is 1.44. The minimum absolute atomic E-state index is 0.314. The summed E-state index contributed by atoms with van der Waals surface area (Å²) in [6, 6.07) is 14.5. The molecule has 2 N–H and O–H groups in total. The molecule has 0 spiro atoms. The zero-order chi connectivity index (χ0) is 22.8. The monoisotopic (exact) mass is 446 g/mol. The van der Waals surface area contributed by atoms with Crippen LogP contribution in [0.25, 0.3) is 21.3 Å². The summed E-state index contributed by atoms with van der Waals surface area (Å²) in [4.78, 5) is 43.9. The van der Waals surface area contributed by atoms with Crippen molar-refractivity contribution in [3.63, 3.8) is 0 Å². The summed E-state index contributed by atoms with van der Waals surface area (Å²) < 4.78 is 1.22. The SMILES string of the molecule is Cc1cccc(NC(=O)NC(=O)Cn2cnc3sc(C)c(-c4ccccc4)c3c2=O)c1C. The maximum Gasteiger partial charge on any atom is 0.325 e. The highest BCUT2D eigenvalue weighted by molar-refractivity contribution is 7.19. The molecule has 162 valence electrons. The van der Waals surface area contributed by atoms with E-state index >= 15 is 0 Å². The van der Waals surface area contributed by atoms with E-state index < -0.39 is 11.9 Å². The highest BCUT2D eigenvalue weighted by Crippen LogP contribution is 2.35. The van der Waals surface area contributed by atoms with Crippen LogP contribution in [0, 0.1) is 20.8 Å². The van der Waals surface area contributed by atoms with Gasteiger partial charge in [0.2, 0.25) is 5.91 Å². The Hall–Kier alpha value is -3.78. The maximum atomic E-state index is 13.2. The Morgan fingerprint density at radius 1 is 1.03 bits per heavy atom. The fraction of sp³-hybridized carbons (Fsp3) is 0.167. The molecule has 0 saturated carbocycles. The Morgan fingerprint density at radius 2 is 1.78 bits per heavy atom. The fourth-order valence-corrected chi connectivity index (χ4v) is 4.57. The van der Waals surface area contributed by atoms with Crippen molar-refractivity contribution in [2.45, 2.75) is 27.3 Å². The average molecular weight is 447 g/mol. The number of nitrogens with zero attached hydrogens (tertiary/aromatic N) is 2. The lowest BCUT2D eigenvalue weighted by Crippen LogP contribution is -2.38. The molecule has 3 amide bonds. The van der Waals surface area contributed by atoms with Crippen LogP contribution in [0.1, 0.15) is 16.0 Å². The highest BCUT2D eigenvalue weighted by Gasteiger charge is 2.18. The third-order valence-electron chi connectivity index (χ3n) is 5.34. The van der Waals surface area contributed by atoms with Crippen molar-refractivity contribution in [1.82, 2.24) is 14.9 Å². The predicted octanol–water partition coefficient (Wildman–Crippen LogP) is 4.40. The normalized spacial score (nSPS) is 10.8. The van der Waals surface area contributed by atoms with Crippen molar-refractivity contribution < 1.29 is 9.59 Å². The Balaban J connectivity index is 1.56. The zero-order valence-electron chi connectivity index (χ0n) is 17.9. The van der Waals surface area contributed by atoms with Crippen LogP contribution >= 0.6 is 11.3 Å². The summed E-state index contributed by atoms with van der Waals surface area (Å²) in [5.41, 5.74) is 4.00. The molecule has 4 aromatic rings. The molecule has 0 aliphatic rings. The maximum absolute atomic E-state index is 13.2. The number of nitrogens with one attached hydrogen (secondary N) is 2. The Labute approximate surface area is 188 Å². The lowest BCUT2D eigenvalue weighted by molar-refractivity contribution is -0.120. The van der Waals surface area contributed by atoms with Gasteiger partial charge in [-0.3, -0.25) is 19.5 Å². The topological polar surface area (TPSA) is 93.1 Å². The van der Waals surface area contributed by atoms with Gasteiger partial charge < -0.3 is 5.32 Å². The number of carbonyl (C=O) groups is 2. The Kier molecular flexibility index (Phi) is 5.87. The number of rotatable bonds is 4. The van der Waals surface area contributed by atoms with Crippen molar-refractivity contribution in [3.8, 4) is 11.1 Å². The molecule has 4 rings (SSSR count). The van der Waals surface area contributed by atoms with Crippen LogP contribution in [0.2, 0.25) is 0 Å². The molecule has 0 saturated heterocycles. The van der Waals surface area contributed by atoms with E-state index in [9.17, 15) is 14.4 Å². The van der Waals surface area contributed by atoms with Gasteiger partial charge in [-0.2, -0.15) is 0 Å². The molecule has 0 fully saturated rings. The molecular formula is C24H22N4O3S. The molecular weight excluding hydrogens is 424 g/mol. The van der Waals surface area contributed by atoms with E-state index in [1.54, 1.807) is 6.07 Å². The van der Waals surface area contributed by atoms with Crippen LogP contribution < -0.4 is 16.2 Å². The first-order valence-electron chi connectivity index (χ1n) is 10.1. The third-order valence-corrected chi connectivity index (χ3v) is 6.35. The number of imide groups is 1. The van der Waals surface area contributed by atoms with Gasteiger partial charge >= 0.3 is 6.03 Å². The van der Waals surface area contributed by atoms with Gasteiger partial charge in [-0.15, -0.1) is 11.3 Å². The fourth-order valence-electron chi connectivity index (χ4n) is 3.56. The van der Waals surface area contributed by atoms with E-state index in [1.807, 2.05) is 63.2 Å². The summed E-state index contributed by atoms with van der Waals surface area (Å²) in [6.45, 7) is 5.46. The first-order valence-corrected chi connectivity index (χ1v) is 10.9. The molecule has 0 radical (unpaired) electrons. The molecule has 0 aliphatic carbocycles. The number of aryl methyl sites for hydroxylation is 2. The van der Waals surface area contributed by atoms with E-state index in [4.69, 9.17) is 0 Å². The van der Waals surface area contributed by atoms with Crippen LogP contribution in [0.5, 0.6) is 0 Å². The van der Waals surface area contributed by atoms with Crippen LogP contribution in [0.15, 0.2) is 59.7 Å². The van der Waals surface area contributed by atoms with E-state index in [2.05, 4.69) is 15.6 Å². The first kappa shape index (κ1) is 21.5. The van der Waals surface area contributed by atoms with Gasteiger partial charge in [0, 0.05) is 16.1 Å². The number of anilines is 1. The van der Waals surface area contributed by atoms with Crippen molar-refractivity contribution in [2.75, 3.05) is 5.32 Å². The number of hydrogen-bond acceptors (Lipinski definition) is 5. The van der Waals surface area contributed by atoms with Gasteiger partial charge in [-0.25, -0.2) is 9.78 Å². The lowest BCUT2D eigenvalue weighted by atomic mass is 10.0. The van der Waals surface area contributed by atoms with Gasteiger partial charge in [-0.1, -0.05) is 42.5 Å². The van der Waals surface area contributed by atoms with Crippen molar-refractivity contribution >= 4 is 39.2 Å². The molecule has 2 aromatic carbocycles. The molecule has 0 unspecified atom stereocenters. The zero-order valence-corrected chi connectivity index (χ0v) is 18.7. The van der Waals surface area contributed by atoms with Crippen LogP contribution in [0.4, 0.5) is 10.5 Å². The number of fused-ring (bicyclic) bond motifs is 1. The highest BCUT2D eigenvalue weighted by atomic mass is 32.1. The largest absolute Gasteiger partial charge is 0.325 e. The van der Waals surface area contributed by atoms with Crippen molar-refractivity contribution in [2.24, 2.45) is 0 Å². The van der Waals surface area contributed by atoms with E-state index in [0.29, 0.717) is 15.9 Å². The van der Waals surface area contributed by atoms with Crippen LogP contribution in [-0.2, 0) is 11.3 Å². The summed E-state index contributed by atoms with van der Waals surface area (Å²) in [5.74, 6) is -0.607. The number of aromatic nitrogens is 2. The van der Waals surface area contributed by atoms with Gasteiger partial charge in [-0.05, 0) is 43.5 Å². The number of thiophene rings is 1. The minimum atomic E-state index is -0.651. The van der Waals surface area contributed by atoms with Gasteiger partial charge in [0.05, 0.1) is 11.7 Å². The Morgan fingerprint density at radius 3 is 2.53 bits per heavy atom. The van der Waals surface area contributed by atoms with E-state index in [0.717, 1.165) is 27.1 Å². The average Bonchev–Trinajstić information content (AvgIpc) is 3.10. The number of urea groups is 1. The second-order valence-electron chi connectivity index (χ2n) is 7.51. The van der Waals surface area contributed by atoms with Gasteiger partial charge in [0.1, 0.15) is 11.4 Å². The second-order valence-corrected chi connectivity index (χ2v) is 8.71. The smallest absolute Gasteiger partial charge is 0.307 e. The van der Waals surface area contributed by atoms with Crippen LogP contribution in [-0.4, -0.2) is 21.5 Å².